The molecule has 1 amide bonds. The number of rotatable bonds is 7. The molecule has 0 radical (unpaired) electrons. The van der Waals surface area contributed by atoms with Crippen molar-refractivity contribution in [2.45, 2.75) is 33.2 Å². The molecule has 1 saturated heterocycles. The molecule has 1 atom stereocenters. The molecule has 0 bridgehead atoms. The van der Waals surface area contributed by atoms with Crippen LogP contribution in [0.15, 0.2) is 42.7 Å². The van der Waals surface area contributed by atoms with Gasteiger partial charge in [-0.1, -0.05) is 45.0 Å². The van der Waals surface area contributed by atoms with Gasteiger partial charge in [-0.3, -0.25) is 4.79 Å². The maximum absolute atomic E-state index is 12.7. The lowest BCUT2D eigenvalue weighted by molar-refractivity contribution is -0.692. The summed E-state index contributed by atoms with van der Waals surface area (Å²) in [7, 11) is 0. The summed E-state index contributed by atoms with van der Waals surface area (Å²) in [6.07, 6.45) is 4.57. The van der Waals surface area contributed by atoms with Crippen LogP contribution < -0.4 is 10.2 Å². The molecule has 1 aliphatic rings. The van der Waals surface area contributed by atoms with E-state index in [1.165, 1.54) is 11.1 Å². The highest BCUT2D eigenvalue weighted by Crippen LogP contribution is 2.18. The SMILES string of the molecule is CCc1ccc([C@H]([NH2+]CC(=O)N2CCN(c3ncccn3)CC2)C(C)C)cc1. The van der Waals surface area contributed by atoms with E-state index in [9.17, 15) is 4.79 Å². The van der Waals surface area contributed by atoms with Crippen molar-refractivity contribution in [3.8, 4) is 0 Å². The van der Waals surface area contributed by atoms with E-state index in [1.807, 2.05) is 11.0 Å². The second-order valence-electron chi connectivity index (χ2n) is 7.72. The van der Waals surface area contributed by atoms with Gasteiger partial charge in [0.25, 0.3) is 5.91 Å². The Bertz CT molecular complexity index is 739. The Morgan fingerprint density at radius 3 is 2.29 bits per heavy atom. The number of hydrogen-bond acceptors (Lipinski definition) is 4. The molecular weight excluding hydrogens is 350 g/mol. The molecule has 6 nitrogen and oxygen atoms in total. The number of amides is 1. The van der Waals surface area contributed by atoms with Gasteiger partial charge in [0.2, 0.25) is 5.95 Å². The third-order valence-corrected chi connectivity index (χ3v) is 5.50. The smallest absolute Gasteiger partial charge is 0.277 e. The lowest BCUT2D eigenvalue weighted by Gasteiger charge is -2.34. The molecule has 3 rings (SSSR count). The van der Waals surface area contributed by atoms with Gasteiger partial charge in [0.1, 0.15) is 6.04 Å². The highest BCUT2D eigenvalue weighted by molar-refractivity contribution is 5.77. The average molecular weight is 383 g/mol. The Morgan fingerprint density at radius 1 is 1.07 bits per heavy atom. The summed E-state index contributed by atoms with van der Waals surface area (Å²) in [5, 5.41) is 2.20. The average Bonchev–Trinajstić information content (AvgIpc) is 2.74. The Labute approximate surface area is 168 Å². The first kappa shape index (κ1) is 20.3. The van der Waals surface area contributed by atoms with E-state index < -0.39 is 0 Å². The number of nitrogens with two attached hydrogens (primary N) is 1. The maximum Gasteiger partial charge on any atom is 0.277 e. The number of carbonyl (C=O) groups excluding carboxylic acids is 1. The van der Waals surface area contributed by atoms with Crippen molar-refractivity contribution < 1.29 is 10.1 Å². The van der Waals surface area contributed by atoms with Crippen LogP contribution in [-0.4, -0.2) is 53.5 Å². The van der Waals surface area contributed by atoms with Gasteiger partial charge in [-0.2, -0.15) is 0 Å². The first-order valence-corrected chi connectivity index (χ1v) is 10.3. The summed E-state index contributed by atoms with van der Waals surface area (Å²) in [5.74, 6) is 1.42. The van der Waals surface area contributed by atoms with E-state index in [1.54, 1.807) is 12.4 Å². The quantitative estimate of drug-likeness (QED) is 0.791. The minimum absolute atomic E-state index is 0.212. The van der Waals surface area contributed by atoms with E-state index >= 15 is 0 Å². The summed E-state index contributed by atoms with van der Waals surface area (Å²) in [4.78, 5) is 25.5. The summed E-state index contributed by atoms with van der Waals surface area (Å²) >= 11 is 0. The number of piperazine rings is 1. The number of hydrogen-bond donors (Lipinski definition) is 1. The zero-order valence-electron chi connectivity index (χ0n) is 17.2. The monoisotopic (exact) mass is 382 g/mol. The molecule has 0 spiro atoms. The Hall–Kier alpha value is -2.47. The Morgan fingerprint density at radius 2 is 1.71 bits per heavy atom. The van der Waals surface area contributed by atoms with Crippen LogP contribution in [0.4, 0.5) is 5.95 Å². The first-order valence-electron chi connectivity index (χ1n) is 10.3. The molecule has 2 N–H and O–H groups in total. The lowest BCUT2D eigenvalue weighted by atomic mass is 9.95. The third kappa shape index (κ3) is 5.07. The molecule has 28 heavy (non-hydrogen) atoms. The van der Waals surface area contributed by atoms with Crippen LogP contribution in [0.2, 0.25) is 0 Å². The van der Waals surface area contributed by atoms with Gasteiger partial charge in [-0.25, -0.2) is 9.97 Å². The van der Waals surface area contributed by atoms with Crippen molar-refractivity contribution in [3.63, 3.8) is 0 Å². The molecular formula is C22H32N5O+. The zero-order valence-corrected chi connectivity index (χ0v) is 17.2. The summed E-state index contributed by atoms with van der Waals surface area (Å²) in [6, 6.07) is 10.9. The van der Waals surface area contributed by atoms with Crippen molar-refractivity contribution in [1.29, 1.82) is 0 Å². The highest BCUT2D eigenvalue weighted by Gasteiger charge is 2.26. The van der Waals surface area contributed by atoms with Gasteiger partial charge < -0.3 is 15.1 Å². The van der Waals surface area contributed by atoms with Crippen LogP contribution in [0.1, 0.15) is 37.9 Å². The Kier molecular flexibility index (Phi) is 6.98. The molecule has 2 aromatic rings. The number of anilines is 1. The minimum Gasteiger partial charge on any atom is -0.337 e. The van der Waals surface area contributed by atoms with Gasteiger partial charge in [-0.15, -0.1) is 0 Å². The van der Waals surface area contributed by atoms with Gasteiger partial charge in [0.15, 0.2) is 6.54 Å². The predicted octanol–water partition coefficient (Wildman–Crippen LogP) is 1.65. The van der Waals surface area contributed by atoms with Gasteiger partial charge in [-0.05, 0) is 18.1 Å². The minimum atomic E-state index is 0.212. The normalized spacial score (nSPS) is 15.7. The number of aryl methyl sites for hydroxylation is 1. The second-order valence-corrected chi connectivity index (χ2v) is 7.72. The Balaban J connectivity index is 1.52. The van der Waals surface area contributed by atoms with E-state index in [-0.39, 0.29) is 5.91 Å². The van der Waals surface area contributed by atoms with Gasteiger partial charge >= 0.3 is 0 Å². The molecule has 150 valence electrons. The number of carbonyl (C=O) groups is 1. The lowest BCUT2D eigenvalue weighted by Crippen LogP contribution is -2.88. The number of nitrogens with zero attached hydrogens (tertiary/aromatic N) is 4. The number of benzene rings is 1. The fourth-order valence-corrected chi connectivity index (χ4v) is 3.74. The topological polar surface area (TPSA) is 65.9 Å². The van der Waals surface area contributed by atoms with Crippen molar-refractivity contribution in [1.82, 2.24) is 14.9 Å². The second kappa shape index (κ2) is 9.64. The zero-order chi connectivity index (χ0) is 19.9. The fraction of sp³-hybridized carbons (Fsp3) is 0.500. The van der Waals surface area contributed by atoms with Crippen molar-refractivity contribution in [3.05, 3.63) is 53.9 Å². The third-order valence-electron chi connectivity index (χ3n) is 5.50. The largest absolute Gasteiger partial charge is 0.337 e. The summed E-state index contributed by atoms with van der Waals surface area (Å²) < 4.78 is 0. The van der Waals surface area contributed by atoms with Crippen molar-refractivity contribution in [2.75, 3.05) is 37.6 Å². The fourth-order valence-electron chi connectivity index (χ4n) is 3.74. The van der Waals surface area contributed by atoms with E-state index in [0.29, 0.717) is 18.5 Å². The van der Waals surface area contributed by atoms with E-state index in [4.69, 9.17) is 0 Å². The van der Waals surface area contributed by atoms with Crippen LogP contribution in [0.3, 0.4) is 0 Å². The van der Waals surface area contributed by atoms with E-state index in [0.717, 1.165) is 38.5 Å². The summed E-state index contributed by atoms with van der Waals surface area (Å²) in [6.45, 7) is 10.1. The van der Waals surface area contributed by atoms with Gasteiger partial charge in [0.05, 0.1) is 0 Å². The van der Waals surface area contributed by atoms with Crippen LogP contribution in [0.5, 0.6) is 0 Å². The highest BCUT2D eigenvalue weighted by atomic mass is 16.2. The summed E-state index contributed by atoms with van der Waals surface area (Å²) in [5.41, 5.74) is 2.65. The maximum atomic E-state index is 12.7. The molecule has 1 fully saturated rings. The molecule has 1 aromatic heterocycles. The van der Waals surface area contributed by atoms with Gasteiger partial charge in [0, 0.05) is 50.1 Å². The molecule has 6 heteroatoms. The van der Waals surface area contributed by atoms with Crippen molar-refractivity contribution >= 4 is 11.9 Å². The molecule has 0 unspecified atom stereocenters. The van der Waals surface area contributed by atoms with Crippen LogP contribution >= 0.6 is 0 Å². The molecule has 0 aliphatic carbocycles. The first-order chi connectivity index (χ1) is 13.6. The molecule has 2 heterocycles. The van der Waals surface area contributed by atoms with E-state index in [2.05, 4.69) is 65.2 Å². The molecule has 1 aromatic carbocycles. The van der Waals surface area contributed by atoms with Crippen LogP contribution in [0.25, 0.3) is 0 Å². The van der Waals surface area contributed by atoms with Crippen LogP contribution in [-0.2, 0) is 11.2 Å². The van der Waals surface area contributed by atoms with Crippen LogP contribution in [0, 0.1) is 5.92 Å². The number of quaternary nitrogens is 1. The predicted molar refractivity (Wildman–Crippen MR) is 111 cm³/mol. The van der Waals surface area contributed by atoms with Crippen molar-refractivity contribution in [2.24, 2.45) is 5.92 Å². The number of aromatic nitrogens is 2. The molecule has 0 saturated carbocycles. The standard InChI is InChI=1S/C22H31N5O/c1-4-18-6-8-19(9-7-18)21(17(2)3)25-16-20(28)26-12-14-27(15-13-26)22-23-10-5-11-24-22/h5-11,17,21,25H,4,12-16H2,1-3H3/p+1/t21-/m1/s1. The molecule has 1 aliphatic heterocycles.